The first-order valence-electron chi connectivity index (χ1n) is 6.10. The molecule has 0 bridgehead atoms. The molecule has 2 rings (SSSR count). The summed E-state index contributed by atoms with van der Waals surface area (Å²) in [6.45, 7) is 2.15. The lowest BCUT2D eigenvalue weighted by molar-refractivity contribution is 0.0940. The highest BCUT2D eigenvalue weighted by Crippen LogP contribution is 2.35. The van der Waals surface area contributed by atoms with E-state index in [0.29, 0.717) is 22.7 Å². The largest absolute Gasteiger partial charge is 0.454 e. The van der Waals surface area contributed by atoms with E-state index in [0.717, 1.165) is 12.2 Å². The molecule has 1 heterocycles. The quantitative estimate of drug-likeness (QED) is 0.807. The third-order valence-corrected chi connectivity index (χ3v) is 3.57. The van der Waals surface area contributed by atoms with Crippen LogP contribution < -0.4 is 20.5 Å². The number of carbonyl (C=O) groups excluding carboxylic acids is 1. The highest BCUT2D eigenvalue weighted by atomic mass is 32.2. The van der Waals surface area contributed by atoms with Crippen LogP contribution in [-0.2, 0) is 0 Å². The second-order valence-corrected chi connectivity index (χ2v) is 5.43. The fraction of sp³-hybridized carbons (Fsp3) is 0.462. The van der Waals surface area contributed by atoms with Gasteiger partial charge in [-0.05, 0) is 31.4 Å². The highest BCUT2D eigenvalue weighted by Gasteiger charge is 2.20. The smallest absolute Gasteiger partial charge is 0.253 e. The number of nitrogens with two attached hydrogens (primary N) is 1. The monoisotopic (exact) mass is 282 g/mol. The van der Waals surface area contributed by atoms with Crippen molar-refractivity contribution in [2.24, 2.45) is 0 Å². The maximum Gasteiger partial charge on any atom is 0.253 e. The van der Waals surface area contributed by atoms with Crippen LogP contribution in [0.15, 0.2) is 12.1 Å². The topological polar surface area (TPSA) is 73.6 Å². The average Bonchev–Trinajstić information content (AvgIpc) is 2.82. The zero-order valence-electron chi connectivity index (χ0n) is 11.1. The normalized spacial score (nSPS) is 14.2. The molecule has 1 aromatic rings. The molecule has 0 aliphatic carbocycles. The average molecular weight is 282 g/mol. The summed E-state index contributed by atoms with van der Waals surface area (Å²) in [5, 5.41) is 2.93. The summed E-state index contributed by atoms with van der Waals surface area (Å²) in [6, 6.07) is 3.38. The van der Waals surface area contributed by atoms with Gasteiger partial charge in [0.25, 0.3) is 5.91 Å². The van der Waals surface area contributed by atoms with Gasteiger partial charge in [0.2, 0.25) is 6.79 Å². The van der Waals surface area contributed by atoms with E-state index >= 15 is 0 Å². The van der Waals surface area contributed by atoms with Crippen molar-refractivity contribution < 1.29 is 14.3 Å². The molecule has 19 heavy (non-hydrogen) atoms. The minimum absolute atomic E-state index is 0.116. The molecular formula is C13H18N2O3S. The Bertz CT molecular complexity index is 479. The number of hydrogen-bond donors (Lipinski definition) is 2. The van der Waals surface area contributed by atoms with Crippen LogP contribution in [0.3, 0.4) is 0 Å². The molecule has 1 aromatic carbocycles. The van der Waals surface area contributed by atoms with Crippen LogP contribution in [0.2, 0.25) is 0 Å². The standard InChI is InChI=1S/C13H18N2O3S/c1-8(3-4-19-2)15-13(16)9-5-11-12(6-10(9)14)18-7-17-11/h5-6,8H,3-4,7,14H2,1-2H3,(H,15,16). The van der Waals surface area contributed by atoms with Crippen molar-refractivity contribution in [2.45, 2.75) is 19.4 Å². The van der Waals surface area contributed by atoms with Crippen LogP contribution in [-0.4, -0.2) is 30.8 Å². The maximum atomic E-state index is 12.1. The summed E-state index contributed by atoms with van der Waals surface area (Å²) in [6.07, 6.45) is 2.97. The molecule has 3 N–H and O–H groups in total. The van der Waals surface area contributed by atoms with Gasteiger partial charge in [-0.15, -0.1) is 0 Å². The number of benzene rings is 1. The lowest BCUT2D eigenvalue weighted by Gasteiger charge is -2.14. The number of hydrogen-bond acceptors (Lipinski definition) is 5. The van der Waals surface area contributed by atoms with Gasteiger partial charge in [-0.1, -0.05) is 0 Å². The Kier molecular flexibility index (Phi) is 4.42. The summed E-state index contributed by atoms with van der Waals surface area (Å²) < 4.78 is 10.5. The maximum absolute atomic E-state index is 12.1. The van der Waals surface area contributed by atoms with Gasteiger partial charge in [-0.25, -0.2) is 0 Å². The van der Waals surface area contributed by atoms with Gasteiger partial charge >= 0.3 is 0 Å². The number of carbonyl (C=O) groups is 1. The number of nitrogen functional groups attached to an aromatic ring is 1. The molecule has 1 atom stereocenters. The van der Waals surface area contributed by atoms with Crippen molar-refractivity contribution in [3.63, 3.8) is 0 Å². The summed E-state index contributed by atoms with van der Waals surface area (Å²) in [7, 11) is 0. The number of rotatable bonds is 5. The number of nitrogens with one attached hydrogen (secondary N) is 1. The van der Waals surface area contributed by atoms with Crippen LogP contribution in [0.4, 0.5) is 5.69 Å². The van der Waals surface area contributed by atoms with Gasteiger partial charge in [-0.2, -0.15) is 11.8 Å². The Hall–Kier alpha value is -1.56. The second-order valence-electron chi connectivity index (χ2n) is 4.45. The predicted octanol–water partition coefficient (Wildman–Crippen LogP) is 1.87. The van der Waals surface area contributed by atoms with Gasteiger partial charge in [0, 0.05) is 17.8 Å². The van der Waals surface area contributed by atoms with Crippen LogP contribution >= 0.6 is 11.8 Å². The predicted molar refractivity (Wildman–Crippen MR) is 76.9 cm³/mol. The first kappa shape index (κ1) is 13.9. The van der Waals surface area contributed by atoms with E-state index in [1.165, 1.54) is 0 Å². The number of anilines is 1. The Balaban J connectivity index is 2.07. The van der Waals surface area contributed by atoms with Crippen molar-refractivity contribution in [2.75, 3.05) is 24.5 Å². The lowest BCUT2D eigenvalue weighted by atomic mass is 10.1. The first-order valence-corrected chi connectivity index (χ1v) is 7.50. The third-order valence-electron chi connectivity index (χ3n) is 2.92. The number of fused-ring (bicyclic) bond motifs is 1. The molecule has 0 fully saturated rings. The Labute approximate surface area is 116 Å². The van der Waals surface area contributed by atoms with E-state index in [1.807, 2.05) is 13.2 Å². The van der Waals surface area contributed by atoms with Gasteiger partial charge in [0.15, 0.2) is 11.5 Å². The summed E-state index contributed by atoms with van der Waals surface area (Å²) in [4.78, 5) is 12.1. The second kappa shape index (κ2) is 6.06. The Morgan fingerprint density at radius 3 is 2.84 bits per heavy atom. The molecule has 5 nitrogen and oxygen atoms in total. The van der Waals surface area contributed by atoms with Crippen molar-refractivity contribution in [3.8, 4) is 11.5 Å². The fourth-order valence-electron chi connectivity index (χ4n) is 1.82. The van der Waals surface area contributed by atoms with E-state index in [2.05, 4.69) is 5.32 Å². The van der Waals surface area contributed by atoms with Crippen molar-refractivity contribution in [1.82, 2.24) is 5.32 Å². The molecule has 6 heteroatoms. The number of amides is 1. The van der Waals surface area contributed by atoms with Crippen molar-refractivity contribution in [1.29, 1.82) is 0 Å². The molecule has 0 aromatic heterocycles. The number of thioether (sulfide) groups is 1. The molecule has 1 aliphatic heterocycles. The fourth-order valence-corrected chi connectivity index (χ4v) is 2.41. The van der Waals surface area contributed by atoms with Gasteiger partial charge in [0.1, 0.15) is 0 Å². The van der Waals surface area contributed by atoms with E-state index in [4.69, 9.17) is 15.2 Å². The molecule has 0 spiro atoms. The third kappa shape index (κ3) is 3.26. The minimum atomic E-state index is -0.176. The molecule has 0 radical (unpaired) electrons. The molecule has 1 amide bonds. The van der Waals surface area contributed by atoms with E-state index < -0.39 is 0 Å². The molecule has 1 aliphatic rings. The Morgan fingerprint density at radius 1 is 1.47 bits per heavy atom. The minimum Gasteiger partial charge on any atom is -0.454 e. The zero-order valence-corrected chi connectivity index (χ0v) is 11.9. The van der Waals surface area contributed by atoms with Crippen LogP contribution in [0.1, 0.15) is 23.7 Å². The van der Waals surface area contributed by atoms with Crippen molar-refractivity contribution in [3.05, 3.63) is 17.7 Å². The van der Waals surface area contributed by atoms with Crippen LogP contribution in [0.5, 0.6) is 11.5 Å². The Morgan fingerprint density at radius 2 is 2.16 bits per heavy atom. The summed E-state index contributed by atoms with van der Waals surface area (Å²) in [5.74, 6) is 1.99. The van der Waals surface area contributed by atoms with Crippen LogP contribution in [0, 0.1) is 0 Å². The molecule has 104 valence electrons. The lowest BCUT2D eigenvalue weighted by Crippen LogP contribution is -2.33. The zero-order chi connectivity index (χ0) is 13.8. The highest BCUT2D eigenvalue weighted by molar-refractivity contribution is 7.98. The summed E-state index contributed by atoms with van der Waals surface area (Å²) >= 11 is 1.76. The SMILES string of the molecule is CSCCC(C)NC(=O)c1cc2c(cc1N)OCO2. The van der Waals surface area contributed by atoms with E-state index in [1.54, 1.807) is 23.9 Å². The molecule has 0 saturated carbocycles. The molecule has 1 unspecified atom stereocenters. The van der Waals surface area contributed by atoms with Crippen molar-refractivity contribution >= 4 is 23.4 Å². The van der Waals surface area contributed by atoms with Gasteiger partial charge < -0.3 is 20.5 Å². The van der Waals surface area contributed by atoms with Crippen LogP contribution in [0.25, 0.3) is 0 Å². The molecule has 0 saturated heterocycles. The first-order chi connectivity index (χ1) is 9.11. The van der Waals surface area contributed by atoms with E-state index in [-0.39, 0.29) is 18.7 Å². The molecular weight excluding hydrogens is 264 g/mol. The summed E-state index contributed by atoms with van der Waals surface area (Å²) in [5.41, 5.74) is 6.70. The van der Waals surface area contributed by atoms with E-state index in [9.17, 15) is 4.79 Å². The number of ether oxygens (including phenoxy) is 2. The van der Waals surface area contributed by atoms with Gasteiger partial charge in [0.05, 0.1) is 5.56 Å². The van der Waals surface area contributed by atoms with Gasteiger partial charge in [-0.3, -0.25) is 4.79 Å².